The van der Waals surface area contributed by atoms with Crippen molar-refractivity contribution >= 4 is 27.8 Å². The number of fused-ring (bicyclic) bond motifs is 1. The second kappa shape index (κ2) is 11.6. The molecule has 1 atom stereocenters. The van der Waals surface area contributed by atoms with E-state index in [9.17, 15) is 4.79 Å². The molecule has 0 aliphatic carbocycles. The SMILES string of the molecule is CCCCOC(=O)C1=C(C)Nc2ncnn2C1c1cc(Br)c(OCc2ccccc2C)c(OCC)c1. The summed E-state index contributed by atoms with van der Waals surface area (Å²) in [6, 6.07) is 11.4. The lowest BCUT2D eigenvalue weighted by Crippen LogP contribution is -2.30. The van der Waals surface area contributed by atoms with Crippen molar-refractivity contribution < 1.29 is 19.0 Å². The number of aromatic nitrogens is 3. The van der Waals surface area contributed by atoms with Crippen LogP contribution in [0.3, 0.4) is 0 Å². The fraction of sp³-hybridized carbons (Fsp3) is 0.370. The maximum Gasteiger partial charge on any atom is 0.338 e. The van der Waals surface area contributed by atoms with Crippen LogP contribution in [0.4, 0.5) is 5.95 Å². The Bertz CT molecular complexity index is 1270. The number of anilines is 1. The number of carbonyl (C=O) groups is 1. The number of aryl methyl sites for hydroxylation is 1. The molecule has 0 radical (unpaired) electrons. The molecule has 2 aromatic carbocycles. The lowest BCUT2D eigenvalue weighted by molar-refractivity contribution is -0.139. The van der Waals surface area contributed by atoms with Crippen molar-refractivity contribution in [1.82, 2.24) is 14.8 Å². The van der Waals surface area contributed by atoms with Gasteiger partial charge >= 0.3 is 5.97 Å². The lowest BCUT2D eigenvalue weighted by Gasteiger charge is -2.29. The second-order valence-corrected chi connectivity index (χ2v) is 9.42. The van der Waals surface area contributed by atoms with Gasteiger partial charge in [0.1, 0.15) is 19.0 Å². The van der Waals surface area contributed by atoms with Crippen LogP contribution in [-0.2, 0) is 16.1 Å². The first-order valence-electron chi connectivity index (χ1n) is 12.1. The summed E-state index contributed by atoms with van der Waals surface area (Å²) in [6.07, 6.45) is 3.21. The first-order chi connectivity index (χ1) is 17.4. The zero-order valence-corrected chi connectivity index (χ0v) is 22.6. The predicted octanol–water partition coefficient (Wildman–Crippen LogP) is 5.96. The van der Waals surface area contributed by atoms with E-state index in [2.05, 4.69) is 51.2 Å². The van der Waals surface area contributed by atoms with Crippen LogP contribution in [0.15, 0.2) is 58.5 Å². The predicted molar refractivity (Wildman–Crippen MR) is 141 cm³/mol. The molecule has 1 aromatic heterocycles. The quantitative estimate of drug-likeness (QED) is 0.244. The van der Waals surface area contributed by atoms with Crippen LogP contribution in [0, 0.1) is 6.92 Å². The van der Waals surface area contributed by atoms with Gasteiger partial charge in [-0.15, -0.1) is 0 Å². The highest BCUT2D eigenvalue weighted by atomic mass is 79.9. The molecule has 0 fully saturated rings. The fourth-order valence-corrected chi connectivity index (χ4v) is 4.70. The van der Waals surface area contributed by atoms with Crippen molar-refractivity contribution in [3.05, 3.63) is 75.2 Å². The van der Waals surface area contributed by atoms with Crippen LogP contribution in [0.5, 0.6) is 11.5 Å². The number of hydrogen-bond donors (Lipinski definition) is 1. The number of allylic oxidation sites excluding steroid dienone is 1. The molecule has 1 unspecified atom stereocenters. The number of hydrogen-bond acceptors (Lipinski definition) is 7. The van der Waals surface area contributed by atoms with Crippen molar-refractivity contribution in [2.75, 3.05) is 18.5 Å². The van der Waals surface area contributed by atoms with Gasteiger partial charge in [-0.2, -0.15) is 10.1 Å². The van der Waals surface area contributed by atoms with Gasteiger partial charge in [0.05, 0.1) is 23.3 Å². The van der Waals surface area contributed by atoms with E-state index < -0.39 is 6.04 Å². The highest BCUT2D eigenvalue weighted by Crippen LogP contribution is 2.43. The van der Waals surface area contributed by atoms with Crippen LogP contribution in [0.1, 0.15) is 56.3 Å². The van der Waals surface area contributed by atoms with Crippen LogP contribution in [0.2, 0.25) is 0 Å². The molecule has 0 saturated heterocycles. The van der Waals surface area contributed by atoms with E-state index in [4.69, 9.17) is 14.2 Å². The minimum absolute atomic E-state index is 0.364. The Morgan fingerprint density at radius 3 is 2.72 bits per heavy atom. The Balaban J connectivity index is 1.73. The van der Waals surface area contributed by atoms with E-state index in [0.29, 0.717) is 53.0 Å². The third-order valence-corrected chi connectivity index (χ3v) is 6.62. The molecule has 1 aliphatic heterocycles. The summed E-state index contributed by atoms with van der Waals surface area (Å²) in [6.45, 7) is 9.11. The number of carbonyl (C=O) groups excluding carboxylic acids is 1. The molecule has 1 N–H and O–H groups in total. The summed E-state index contributed by atoms with van der Waals surface area (Å²) in [5, 5.41) is 7.58. The summed E-state index contributed by atoms with van der Waals surface area (Å²) in [5.74, 6) is 1.35. The molecule has 190 valence electrons. The Kier molecular flexibility index (Phi) is 8.30. The Morgan fingerprint density at radius 2 is 1.97 bits per heavy atom. The summed E-state index contributed by atoms with van der Waals surface area (Å²) in [4.78, 5) is 17.5. The molecular formula is C27H31BrN4O4. The van der Waals surface area contributed by atoms with Crippen molar-refractivity contribution in [3.63, 3.8) is 0 Å². The van der Waals surface area contributed by atoms with Gasteiger partial charge in [0.2, 0.25) is 5.95 Å². The lowest BCUT2D eigenvalue weighted by atomic mass is 9.95. The summed E-state index contributed by atoms with van der Waals surface area (Å²) in [5.41, 5.74) is 4.20. The highest BCUT2D eigenvalue weighted by molar-refractivity contribution is 9.10. The van der Waals surface area contributed by atoms with Crippen molar-refractivity contribution in [2.24, 2.45) is 0 Å². The molecular weight excluding hydrogens is 524 g/mol. The van der Waals surface area contributed by atoms with E-state index in [1.165, 1.54) is 6.33 Å². The van der Waals surface area contributed by atoms with E-state index in [1.807, 2.05) is 44.2 Å². The maximum atomic E-state index is 13.2. The standard InChI is InChI=1S/C27H31BrN4O4/c1-5-7-12-35-26(33)23-18(4)31-27-29-16-30-32(27)24(23)20-13-21(28)25(22(14-20)34-6-2)36-15-19-11-9-8-10-17(19)3/h8-11,13-14,16,24H,5-7,12,15H2,1-4H3,(H,29,30,31). The smallest absolute Gasteiger partial charge is 0.338 e. The number of nitrogens with zero attached hydrogens (tertiary/aromatic N) is 3. The highest BCUT2D eigenvalue weighted by Gasteiger charge is 2.35. The van der Waals surface area contributed by atoms with Crippen molar-refractivity contribution in [2.45, 2.75) is 53.2 Å². The number of ether oxygens (including phenoxy) is 3. The fourth-order valence-electron chi connectivity index (χ4n) is 4.12. The van der Waals surface area contributed by atoms with Gasteiger partial charge in [0.15, 0.2) is 11.5 Å². The van der Waals surface area contributed by atoms with Gasteiger partial charge in [0.25, 0.3) is 0 Å². The van der Waals surface area contributed by atoms with Gasteiger partial charge in [-0.25, -0.2) is 9.48 Å². The largest absolute Gasteiger partial charge is 0.490 e. The number of halogens is 1. The number of unbranched alkanes of at least 4 members (excludes halogenated alkanes) is 1. The van der Waals surface area contributed by atoms with Crippen molar-refractivity contribution in [3.8, 4) is 11.5 Å². The average Bonchev–Trinajstić information content (AvgIpc) is 3.31. The Hall–Kier alpha value is -3.33. The molecule has 36 heavy (non-hydrogen) atoms. The monoisotopic (exact) mass is 554 g/mol. The van der Waals surface area contributed by atoms with E-state index in [1.54, 1.807) is 4.68 Å². The van der Waals surface area contributed by atoms with Gasteiger partial charge < -0.3 is 19.5 Å². The van der Waals surface area contributed by atoms with Crippen LogP contribution in [-0.4, -0.2) is 33.9 Å². The molecule has 1 aliphatic rings. The third-order valence-electron chi connectivity index (χ3n) is 6.03. The zero-order chi connectivity index (χ0) is 25.7. The minimum atomic E-state index is -0.543. The zero-order valence-electron chi connectivity index (χ0n) is 21.0. The van der Waals surface area contributed by atoms with Crippen LogP contribution < -0.4 is 14.8 Å². The second-order valence-electron chi connectivity index (χ2n) is 8.56. The molecule has 0 bridgehead atoms. The van der Waals surface area contributed by atoms with E-state index in [0.717, 1.165) is 29.5 Å². The van der Waals surface area contributed by atoms with E-state index >= 15 is 0 Å². The molecule has 3 aromatic rings. The molecule has 4 rings (SSSR count). The van der Waals surface area contributed by atoms with Gasteiger partial charge in [-0.1, -0.05) is 37.6 Å². The topological polar surface area (TPSA) is 87.5 Å². The van der Waals surface area contributed by atoms with Gasteiger partial charge in [-0.05, 0) is 71.9 Å². The summed E-state index contributed by atoms with van der Waals surface area (Å²) in [7, 11) is 0. The normalized spacial score (nSPS) is 14.8. The summed E-state index contributed by atoms with van der Waals surface area (Å²) >= 11 is 3.68. The minimum Gasteiger partial charge on any atom is -0.490 e. The van der Waals surface area contributed by atoms with Gasteiger partial charge in [0, 0.05) is 5.70 Å². The molecule has 8 nitrogen and oxygen atoms in total. The Labute approximate surface area is 219 Å². The third kappa shape index (κ3) is 5.41. The first kappa shape index (κ1) is 25.8. The molecule has 0 saturated carbocycles. The van der Waals surface area contributed by atoms with E-state index in [-0.39, 0.29) is 5.97 Å². The number of benzene rings is 2. The van der Waals surface area contributed by atoms with Crippen molar-refractivity contribution in [1.29, 1.82) is 0 Å². The molecule has 9 heteroatoms. The number of rotatable bonds is 10. The maximum absolute atomic E-state index is 13.2. The van der Waals surface area contributed by atoms with Crippen LogP contribution in [0.25, 0.3) is 0 Å². The molecule has 0 spiro atoms. The average molecular weight is 555 g/mol. The number of esters is 1. The Morgan fingerprint density at radius 1 is 1.17 bits per heavy atom. The first-order valence-corrected chi connectivity index (χ1v) is 12.9. The molecule has 2 heterocycles. The molecule has 0 amide bonds. The van der Waals surface area contributed by atoms with Crippen LogP contribution >= 0.6 is 15.9 Å². The number of nitrogens with one attached hydrogen (secondary N) is 1. The summed E-state index contributed by atoms with van der Waals surface area (Å²) < 4.78 is 20.2. The van der Waals surface area contributed by atoms with Gasteiger partial charge in [-0.3, -0.25) is 0 Å².